The van der Waals surface area contributed by atoms with E-state index in [1.807, 2.05) is 0 Å². The monoisotopic (exact) mass is 238 g/mol. The first-order valence-corrected chi connectivity index (χ1v) is 6.61. The van der Waals surface area contributed by atoms with Crippen LogP contribution in [0.1, 0.15) is 39.1 Å². The number of aromatic nitrogens is 2. The summed E-state index contributed by atoms with van der Waals surface area (Å²) in [6, 6.07) is 2.56. The standard InChI is InChI=1S/C13H26N4/c1-5-11-7-12(17(6-2)16-11)9-15-13(8-14)10(3)4/h7,10,13,15H,5-6,8-9,14H2,1-4H3. The predicted molar refractivity (Wildman–Crippen MR) is 71.8 cm³/mol. The van der Waals surface area contributed by atoms with Crippen LogP contribution < -0.4 is 11.1 Å². The van der Waals surface area contributed by atoms with E-state index in [0.29, 0.717) is 18.5 Å². The highest BCUT2D eigenvalue weighted by Gasteiger charge is 2.12. The van der Waals surface area contributed by atoms with Gasteiger partial charge >= 0.3 is 0 Å². The van der Waals surface area contributed by atoms with E-state index < -0.39 is 0 Å². The number of hydrogen-bond donors (Lipinski definition) is 2. The lowest BCUT2D eigenvalue weighted by atomic mass is 10.0. The van der Waals surface area contributed by atoms with Crippen molar-refractivity contribution < 1.29 is 0 Å². The second-order valence-electron chi connectivity index (χ2n) is 4.76. The number of aryl methyl sites for hydroxylation is 2. The van der Waals surface area contributed by atoms with E-state index >= 15 is 0 Å². The molecule has 0 bridgehead atoms. The van der Waals surface area contributed by atoms with Crippen LogP contribution in [0.4, 0.5) is 0 Å². The van der Waals surface area contributed by atoms with Gasteiger partial charge in [-0.25, -0.2) is 0 Å². The summed E-state index contributed by atoms with van der Waals surface area (Å²) in [6.45, 7) is 11.1. The van der Waals surface area contributed by atoms with Gasteiger partial charge in [-0.3, -0.25) is 4.68 Å². The zero-order chi connectivity index (χ0) is 12.8. The zero-order valence-electron chi connectivity index (χ0n) is 11.5. The summed E-state index contributed by atoms with van der Waals surface area (Å²) in [5, 5.41) is 8.05. The van der Waals surface area contributed by atoms with Crippen molar-refractivity contribution in [1.29, 1.82) is 0 Å². The van der Waals surface area contributed by atoms with Crippen molar-refractivity contribution in [2.45, 2.75) is 53.2 Å². The zero-order valence-corrected chi connectivity index (χ0v) is 11.5. The van der Waals surface area contributed by atoms with Crippen LogP contribution in [0.2, 0.25) is 0 Å². The van der Waals surface area contributed by atoms with Gasteiger partial charge in [-0.15, -0.1) is 0 Å². The minimum atomic E-state index is 0.375. The highest BCUT2D eigenvalue weighted by atomic mass is 15.3. The summed E-state index contributed by atoms with van der Waals surface area (Å²) in [5.41, 5.74) is 8.17. The van der Waals surface area contributed by atoms with E-state index in [0.717, 1.165) is 25.2 Å². The topological polar surface area (TPSA) is 55.9 Å². The first-order valence-electron chi connectivity index (χ1n) is 6.61. The van der Waals surface area contributed by atoms with Gasteiger partial charge in [0, 0.05) is 25.7 Å². The molecular formula is C13H26N4. The van der Waals surface area contributed by atoms with E-state index in [2.05, 4.69) is 48.9 Å². The van der Waals surface area contributed by atoms with Crippen molar-refractivity contribution in [1.82, 2.24) is 15.1 Å². The summed E-state index contributed by atoms with van der Waals surface area (Å²) < 4.78 is 2.07. The van der Waals surface area contributed by atoms with E-state index in [-0.39, 0.29) is 0 Å². The molecule has 0 aliphatic rings. The Bertz CT molecular complexity index is 330. The molecule has 0 fully saturated rings. The second-order valence-corrected chi connectivity index (χ2v) is 4.76. The van der Waals surface area contributed by atoms with Gasteiger partial charge in [0.2, 0.25) is 0 Å². The Hall–Kier alpha value is -0.870. The van der Waals surface area contributed by atoms with Crippen molar-refractivity contribution >= 4 is 0 Å². The van der Waals surface area contributed by atoms with Crippen LogP contribution >= 0.6 is 0 Å². The molecule has 98 valence electrons. The number of rotatable bonds is 7. The number of nitrogens with zero attached hydrogens (tertiary/aromatic N) is 2. The summed E-state index contributed by atoms with van der Waals surface area (Å²) in [7, 11) is 0. The third-order valence-corrected chi connectivity index (χ3v) is 3.18. The lowest BCUT2D eigenvalue weighted by molar-refractivity contribution is 0.397. The van der Waals surface area contributed by atoms with Crippen LogP contribution in [-0.2, 0) is 19.5 Å². The molecule has 0 amide bonds. The van der Waals surface area contributed by atoms with Crippen LogP contribution in [0.3, 0.4) is 0 Å². The molecule has 1 atom stereocenters. The molecule has 1 unspecified atom stereocenters. The molecule has 1 aromatic heterocycles. The molecule has 0 spiro atoms. The predicted octanol–water partition coefficient (Wildman–Crippen LogP) is 1.54. The van der Waals surface area contributed by atoms with Gasteiger partial charge in [0.15, 0.2) is 0 Å². The van der Waals surface area contributed by atoms with Crippen molar-refractivity contribution in [3.05, 3.63) is 17.5 Å². The molecule has 1 aromatic rings. The van der Waals surface area contributed by atoms with Gasteiger partial charge in [0.1, 0.15) is 0 Å². The third-order valence-electron chi connectivity index (χ3n) is 3.18. The van der Waals surface area contributed by atoms with E-state index in [1.54, 1.807) is 0 Å². The average molecular weight is 238 g/mol. The van der Waals surface area contributed by atoms with E-state index in [1.165, 1.54) is 5.69 Å². The Balaban J connectivity index is 2.64. The molecular weight excluding hydrogens is 212 g/mol. The molecule has 0 saturated heterocycles. The minimum Gasteiger partial charge on any atom is -0.329 e. The van der Waals surface area contributed by atoms with Crippen molar-refractivity contribution in [2.75, 3.05) is 6.54 Å². The number of nitrogens with one attached hydrogen (secondary N) is 1. The van der Waals surface area contributed by atoms with Crippen molar-refractivity contribution in [2.24, 2.45) is 11.7 Å². The molecule has 4 nitrogen and oxygen atoms in total. The summed E-state index contributed by atoms with van der Waals surface area (Å²) in [4.78, 5) is 0. The molecule has 1 rings (SSSR count). The van der Waals surface area contributed by atoms with Gasteiger partial charge in [-0.05, 0) is 25.3 Å². The summed E-state index contributed by atoms with van der Waals surface area (Å²) in [5.74, 6) is 0.559. The molecule has 0 aliphatic heterocycles. The van der Waals surface area contributed by atoms with Gasteiger partial charge in [-0.1, -0.05) is 20.8 Å². The van der Waals surface area contributed by atoms with Crippen molar-refractivity contribution in [3.8, 4) is 0 Å². The van der Waals surface area contributed by atoms with Crippen LogP contribution in [0.25, 0.3) is 0 Å². The maximum Gasteiger partial charge on any atom is 0.0625 e. The van der Waals surface area contributed by atoms with Crippen molar-refractivity contribution in [3.63, 3.8) is 0 Å². The molecule has 3 N–H and O–H groups in total. The summed E-state index contributed by atoms with van der Waals surface area (Å²) in [6.07, 6.45) is 0.991. The Kier molecular flexibility index (Phi) is 5.65. The van der Waals surface area contributed by atoms with Gasteiger partial charge < -0.3 is 11.1 Å². The molecule has 1 heterocycles. The minimum absolute atomic E-state index is 0.375. The normalized spacial score (nSPS) is 13.3. The molecule has 4 heteroatoms. The maximum absolute atomic E-state index is 5.75. The Labute approximate surface area is 105 Å². The highest BCUT2D eigenvalue weighted by Crippen LogP contribution is 2.07. The Morgan fingerprint density at radius 1 is 1.41 bits per heavy atom. The largest absolute Gasteiger partial charge is 0.329 e. The fraction of sp³-hybridized carbons (Fsp3) is 0.769. The Morgan fingerprint density at radius 3 is 2.59 bits per heavy atom. The molecule has 0 aromatic carbocycles. The maximum atomic E-state index is 5.75. The lowest BCUT2D eigenvalue weighted by Crippen LogP contribution is -2.40. The second kappa shape index (κ2) is 6.77. The molecule has 17 heavy (non-hydrogen) atoms. The van der Waals surface area contributed by atoms with Gasteiger partial charge in [0.05, 0.1) is 11.4 Å². The fourth-order valence-electron chi connectivity index (χ4n) is 1.93. The van der Waals surface area contributed by atoms with E-state index in [4.69, 9.17) is 5.73 Å². The third kappa shape index (κ3) is 3.82. The highest BCUT2D eigenvalue weighted by molar-refractivity contribution is 5.10. The molecule has 0 saturated carbocycles. The first-order chi connectivity index (χ1) is 8.12. The van der Waals surface area contributed by atoms with Gasteiger partial charge in [-0.2, -0.15) is 5.10 Å². The smallest absolute Gasteiger partial charge is 0.0625 e. The number of nitrogens with two attached hydrogens (primary N) is 1. The molecule has 0 aliphatic carbocycles. The average Bonchev–Trinajstić information content (AvgIpc) is 2.72. The first kappa shape index (κ1) is 14.2. The van der Waals surface area contributed by atoms with Crippen LogP contribution in [-0.4, -0.2) is 22.4 Å². The SMILES string of the molecule is CCc1cc(CNC(CN)C(C)C)n(CC)n1. The molecule has 0 radical (unpaired) electrons. The lowest BCUT2D eigenvalue weighted by Gasteiger charge is -2.20. The van der Waals surface area contributed by atoms with Crippen LogP contribution in [0, 0.1) is 5.92 Å². The van der Waals surface area contributed by atoms with E-state index in [9.17, 15) is 0 Å². The summed E-state index contributed by atoms with van der Waals surface area (Å²) >= 11 is 0. The van der Waals surface area contributed by atoms with Crippen LogP contribution in [0.5, 0.6) is 0 Å². The number of hydrogen-bond acceptors (Lipinski definition) is 3. The fourth-order valence-corrected chi connectivity index (χ4v) is 1.93. The van der Waals surface area contributed by atoms with Crippen LogP contribution in [0.15, 0.2) is 6.07 Å². The van der Waals surface area contributed by atoms with Gasteiger partial charge in [0.25, 0.3) is 0 Å². The Morgan fingerprint density at radius 2 is 2.12 bits per heavy atom. The quantitative estimate of drug-likeness (QED) is 0.757.